The number of nitrogens with one attached hydrogen (secondary N) is 1. The molecule has 29 heavy (non-hydrogen) atoms. The molecule has 0 saturated carbocycles. The van der Waals surface area contributed by atoms with Gasteiger partial charge in [-0.05, 0) is 91.6 Å². The van der Waals surface area contributed by atoms with Crippen LogP contribution in [0.25, 0.3) is 0 Å². The van der Waals surface area contributed by atoms with Crippen LogP contribution in [0.4, 0.5) is 5.69 Å². The van der Waals surface area contributed by atoms with Gasteiger partial charge in [0.2, 0.25) is 12.7 Å². The Bertz CT molecular complexity index is 918. The number of hydrogen-bond donors (Lipinski definition) is 1. The van der Waals surface area contributed by atoms with Crippen LogP contribution in [0, 0.1) is 0 Å². The first-order chi connectivity index (χ1) is 14.2. The predicted molar refractivity (Wildman–Crippen MR) is 113 cm³/mol. The number of anilines is 1. The van der Waals surface area contributed by atoms with Crippen molar-refractivity contribution in [2.24, 2.45) is 0 Å². The van der Waals surface area contributed by atoms with Crippen molar-refractivity contribution in [2.45, 2.75) is 44.4 Å². The molecule has 152 valence electrons. The molecule has 2 heterocycles. The zero-order valence-corrected chi connectivity index (χ0v) is 16.9. The first-order valence-corrected chi connectivity index (χ1v) is 10.7. The van der Waals surface area contributed by atoms with Crippen LogP contribution in [-0.4, -0.2) is 37.2 Å². The average molecular weight is 392 g/mol. The van der Waals surface area contributed by atoms with E-state index in [0.29, 0.717) is 18.6 Å². The van der Waals surface area contributed by atoms with Crippen molar-refractivity contribution in [1.82, 2.24) is 4.90 Å². The minimum Gasteiger partial charge on any atom is -0.454 e. The molecule has 5 rings (SSSR count). The second kappa shape index (κ2) is 7.71. The summed E-state index contributed by atoms with van der Waals surface area (Å²) in [6.45, 7) is 5.29. The van der Waals surface area contributed by atoms with E-state index < -0.39 is 0 Å². The lowest BCUT2D eigenvalue weighted by Gasteiger charge is -2.34. The minimum absolute atomic E-state index is 0.00918. The Balaban J connectivity index is 1.20. The molecule has 1 saturated heterocycles. The molecule has 1 fully saturated rings. The van der Waals surface area contributed by atoms with Crippen molar-refractivity contribution in [1.29, 1.82) is 0 Å². The van der Waals surface area contributed by atoms with E-state index in [0.717, 1.165) is 43.2 Å². The molecule has 0 aromatic heterocycles. The molecule has 5 heteroatoms. The van der Waals surface area contributed by atoms with E-state index in [1.54, 1.807) is 6.92 Å². The highest BCUT2D eigenvalue weighted by Crippen LogP contribution is 2.39. The van der Waals surface area contributed by atoms with E-state index in [1.807, 2.05) is 12.1 Å². The van der Waals surface area contributed by atoms with Gasteiger partial charge in [0.05, 0.1) is 0 Å². The number of fused-ring (bicyclic) bond motifs is 2. The molecule has 5 nitrogen and oxygen atoms in total. The summed E-state index contributed by atoms with van der Waals surface area (Å²) in [6, 6.07) is 12.8. The molecule has 0 spiro atoms. The summed E-state index contributed by atoms with van der Waals surface area (Å²) < 4.78 is 11.0. The monoisotopic (exact) mass is 392 g/mol. The van der Waals surface area contributed by atoms with Gasteiger partial charge in [-0.1, -0.05) is 12.1 Å². The number of hydrogen-bond acceptors (Lipinski definition) is 4. The van der Waals surface area contributed by atoms with E-state index in [2.05, 4.69) is 34.5 Å². The van der Waals surface area contributed by atoms with Crippen LogP contribution in [0.5, 0.6) is 11.5 Å². The van der Waals surface area contributed by atoms with Gasteiger partial charge in [0.25, 0.3) is 0 Å². The highest BCUT2D eigenvalue weighted by atomic mass is 16.7. The Labute approximate surface area is 172 Å². The SMILES string of the molecule is CC(=O)Nc1ccc2c(c1)C(CN1CCC(c3ccc4c(c3)OCO4)CC1)CC2. The number of rotatable bonds is 4. The number of likely N-dealkylation sites (tertiary alicyclic amines) is 1. The first kappa shape index (κ1) is 18.5. The number of benzene rings is 2. The number of nitrogens with zero attached hydrogens (tertiary/aromatic N) is 1. The van der Waals surface area contributed by atoms with Gasteiger partial charge in [-0.25, -0.2) is 0 Å². The van der Waals surface area contributed by atoms with E-state index >= 15 is 0 Å². The van der Waals surface area contributed by atoms with Crippen molar-refractivity contribution in [3.8, 4) is 11.5 Å². The molecule has 1 N–H and O–H groups in total. The second-order valence-corrected chi connectivity index (χ2v) is 8.52. The Morgan fingerprint density at radius 2 is 1.90 bits per heavy atom. The van der Waals surface area contributed by atoms with Crippen LogP contribution in [0.3, 0.4) is 0 Å². The fourth-order valence-corrected chi connectivity index (χ4v) is 5.09. The summed E-state index contributed by atoms with van der Waals surface area (Å²) in [5, 5.41) is 2.93. The van der Waals surface area contributed by atoms with Gasteiger partial charge < -0.3 is 19.7 Å². The van der Waals surface area contributed by atoms with Gasteiger partial charge >= 0.3 is 0 Å². The quantitative estimate of drug-likeness (QED) is 0.844. The molecule has 1 amide bonds. The van der Waals surface area contributed by atoms with Crippen molar-refractivity contribution in [3.63, 3.8) is 0 Å². The maximum absolute atomic E-state index is 11.4. The Kier molecular flexibility index (Phi) is 4.92. The second-order valence-electron chi connectivity index (χ2n) is 8.52. The molecule has 3 aliphatic rings. The summed E-state index contributed by atoms with van der Waals surface area (Å²) in [5.41, 5.74) is 5.17. The topological polar surface area (TPSA) is 50.8 Å². The summed E-state index contributed by atoms with van der Waals surface area (Å²) in [6.07, 6.45) is 4.73. The molecule has 2 aliphatic heterocycles. The third-order valence-corrected chi connectivity index (χ3v) is 6.60. The lowest BCUT2D eigenvalue weighted by molar-refractivity contribution is -0.114. The Morgan fingerprint density at radius 3 is 2.72 bits per heavy atom. The van der Waals surface area contributed by atoms with Gasteiger partial charge in [0.15, 0.2) is 11.5 Å². The highest BCUT2D eigenvalue weighted by molar-refractivity contribution is 5.88. The smallest absolute Gasteiger partial charge is 0.231 e. The van der Waals surface area contributed by atoms with E-state index in [4.69, 9.17) is 9.47 Å². The molecule has 0 bridgehead atoms. The van der Waals surface area contributed by atoms with Crippen LogP contribution >= 0.6 is 0 Å². The number of aryl methyl sites for hydroxylation is 1. The van der Waals surface area contributed by atoms with Gasteiger partial charge in [0, 0.05) is 19.2 Å². The minimum atomic E-state index is -0.00918. The Morgan fingerprint density at radius 1 is 1.07 bits per heavy atom. The third kappa shape index (κ3) is 3.84. The first-order valence-electron chi connectivity index (χ1n) is 10.7. The van der Waals surface area contributed by atoms with Crippen LogP contribution < -0.4 is 14.8 Å². The largest absolute Gasteiger partial charge is 0.454 e. The third-order valence-electron chi connectivity index (χ3n) is 6.60. The lowest BCUT2D eigenvalue weighted by Crippen LogP contribution is -2.35. The summed E-state index contributed by atoms with van der Waals surface area (Å²) in [4.78, 5) is 14.0. The molecule has 0 radical (unpaired) electrons. The number of carbonyl (C=O) groups excluding carboxylic acids is 1. The number of piperidine rings is 1. The van der Waals surface area contributed by atoms with Gasteiger partial charge in [-0.3, -0.25) is 4.79 Å². The van der Waals surface area contributed by atoms with Crippen molar-refractivity contribution in [3.05, 3.63) is 53.1 Å². The maximum Gasteiger partial charge on any atom is 0.231 e. The van der Waals surface area contributed by atoms with E-state index in [9.17, 15) is 4.79 Å². The summed E-state index contributed by atoms with van der Waals surface area (Å²) >= 11 is 0. The van der Waals surface area contributed by atoms with Crippen LogP contribution in [-0.2, 0) is 11.2 Å². The molecule has 2 aromatic rings. The van der Waals surface area contributed by atoms with E-state index in [-0.39, 0.29) is 5.91 Å². The standard InChI is InChI=1S/C24H28N2O3/c1-16(27)25-21-6-4-18-2-3-20(22(18)13-21)14-26-10-8-17(9-11-26)19-5-7-23-24(12-19)29-15-28-23/h4-7,12-13,17,20H,2-3,8-11,14-15H2,1H3,(H,25,27). The number of amides is 1. The fourth-order valence-electron chi connectivity index (χ4n) is 5.09. The predicted octanol–water partition coefficient (Wildman–Crippen LogP) is 4.28. The summed E-state index contributed by atoms with van der Waals surface area (Å²) in [7, 11) is 0. The lowest BCUT2D eigenvalue weighted by atomic mass is 9.88. The molecule has 1 unspecified atom stereocenters. The molecule has 1 atom stereocenters. The van der Waals surface area contributed by atoms with Crippen molar-refractivity contribution in [2.75, 3.05) is 31.7 Å². The van der Waals surface area contributed by atoms with Gasteiger partial charge in [-0.2, -0.15) is 0 Å². The molecular formula is C24H28N2O3. The number of ether oxygens (including phenoxy) is 2. The average Bonchev–Trinajstić information content (AvgIpc) is 3.34. The van der Waals surface area contributed by atoms with Gasteiger partial charge in [-0.15, -0.1) is 0 Å². The van der Waals surface area contributed by atoms with Gasteiger partial charge in [0.1, 0.15) is 0 Å². The van der Waals surface area contributed by atoms with Crippen LogP contribution in [0.2, 0.25) is 0 Å². The molecular weight excluding hydrogens is 364 g/mol. The highest BCUT2D eigenvalue weighted by Gasteiger charge is 2.28. The Hall–Kier alpha value is -2.53. The van der Waals surface area contributed by atoms with Crippen molar-refractivity contribution < 1.29 is 14.3 Å². The normalized spacial score (nSPS) is 21.2. The molecule has 1 aliphatic carbocycles. The zero-order chi connectivity index (χ0) is 19.8. The zero-order valence-electron chi connectivity index (χ0n) is 16.9. The molecule has 2 aromatic carbocycles. The van der Waals surface area contributed by atoms with Crippen LogP contribution in [0.1, 0.15) is 54.7 Å². The fraction of sp³-hybridized carbons (Fsp3) is 0.458. The van der Waals surface area contributed by atoms with Crippen molar-refractivity contribution >= 4 is 11.6 Å². The maximum atomic E-state index is 11.4. The summed E-state index contributed by atoms with van der Waals surface area (Å²) in [5.74, 6) is 2.92. The van der Waals surface area contributed by atoms with Crippen LogP contribution in [0.15, 0.2) is 36.4 Å². The van der Waals surface area contributed by atoms with E-state index in [1.165, 1.54) is 36.0 Å². The number of carbonyl (C=O) groups is 1.